The van der Waals surface area contributed by atoms with E-state index in [4.69, 9.17) is 4.74 Å². The van der Waals surface area contributed by atoms with E-state index < -0.39 is 5.82 Å². The molecule has 1 heterocycles. The molecule has 0 amide bonds. The summed E-state index contributed by atoms with van der Waals surface area (Å²) in [6.45, 7) is 2.08. The predicted octanol–water partition coefficient (Wildman–Crippen LogP) is 3.50. The quantitative estimate of drug-likeness (QED) is 0.827. The van der Waals surface area contributed by atoms with Gasteiger partial charge in [0.05, 0.1) is 11.9 Å². The molecule has 1 aromatic heterocycles. The topological polar surface area (TPSA) is 22.1 Å². The maximum Gasteiger partial charge on any atom is 0.141 e. The number of pyridine rings is 1. The van der Waals surface area contributed by atoms with Crippen molar-refractivity contribution >= 4 is 0 Å². The first-order chi connectivity index (χ1) is 8.69. The monoisotopic (exact) mass is 249 g/mol. The summed E-state index contributed by atoms with van der Waals surface area (Å²) < 4.78 is 31.5. The van der Waals surface area contributed by atoms with Crippen molar-refractivity contribution < 1.29 is 13.5 Å². The van der Waals surface area contributed by atoms with E-state index >= 15 is 0 Å². The number of rotatable bonds is 4. The summed E-state index contributed by atoms with van der Waals surface area (Å²) in [7, 11) is 0. The van der Waals surface area contributed by atoms with Crippen molar-refractivity contribution in [1.29, 1.82) is 0 Å². The summed E-state index contributed by atoms with van der Waals surface area (Å²) in [5.41, 5.74) is 1.25. The van der Waals surface area contributed by atoms with E-state index in [2.05, 4.69) is 4.98 Å². The van der Waals surface area contributed by atoms with Crippen LogP contribution in [0.1, 0.15) is 18.2 Å². The number of halogens is 2. The summed E-state index contributed by atoms with van der Waals surface area (Å²) in [6.07, 6.45) is 1.77. The molecule has 2 rings (SSSR count). The van der Waals surface area contributed by atoms with Gasteiger partial charge >= 0.3 is 0 Å². The number of hydrogen-bond donors (Lipinski definition) is 0. The van der Waals surface area contributed by atoms with E-state index in [1.54, 1.807) is 12.1 Å². The number of aromatic nitrogens is 1. The molecule has 0 saturated heterocycles. The second-order valence-corrected chi connectivity index (χ2v) is 3.86. The highest BCUT2D eigenvalue weighted by molar-refractivity contribution is 5.29. The Morgan fingerprint density at radius 1 is 1.17 bits per heavy atom. The van der Waals surface area contributed by atoms with Gasteiger partial charge in [-0.05, 0) is 30.2 Å². The van der Waals surface area contributed by atoms with Crippen molar-refractivity contribution in [1.82, 2.24) is 4.98 Å². The Morgan fingerprint density at radius 2 is 2.00 bits per heavy atom. The highest BCUT2D eigenvalue weighted by Gasteiger charge is 2.03. The average Bonchev–Trinajstić information content (AvgIpc) is 2.38. The maximum atomic E-state index is 13.5. The smallest absolute Gasteiger partial charge is 0.141 e. The Kier molecular flexibility index (Phi) is 3.87. The van der Waals surface area contributed by atoms with Crippen LogP contribution in [0.15, 0.2) is 36.5 Å². The van der Waals surface area contributed by atoms with Crippen molar-refractivity contribution in [3.63, 3.8) is 0 Å². The molecule has 0 radical (unpaired) electrons. The van der Waals surface area contributed by atoms with Gasteiger partial charge in [0.1, 0.15) is 24.0 Å². The first kappa shape index (κ1) is 12.5. The van der Waals surface area contributed by atoms with Crippen LogP contribution in [-0.4, -0.2) is 4.98 Å². The molecular weight excluding hydrogens is 236 g/mol. The van der Waals surface area contributed by atoms with Gasteiger partial charge in [0, 0.05) is 6.07 Å². The fraction of sp³-hybridized carbons (Fsp3) is 0.214. The molecule has 0 aliphatic rings. The maximum absolute atomic E-state index is 13.5. The highest BCUT2D eigenvalue weighted by atomic mass is 19.1. The second kappa shape index (κ2) is 5.58. The van der Waals surface area contributed by atoms with Gasteiger partial charge in [0.25, 0.3) is 0 Å². The summed E-state index contributed by atoms with van der Waals surface area (Å²) in [4.78, 5) is 3.86. The normalized spacial score (nSPS) is 10.4. The zero-order valence-corrected chi connectivity index (χ0v) is 9.99. The molecule has 0 N–H and O–H groups in total. The van der Waals surface area contributed by atoms with E-state index in [0.717, 1.165) is 6.20 Å². The molecule has 2 nitrogen and oxygen atoms in total. The summed E-state index contributed by atoms with van der Waals surface area (Å²) in [5.74, 6) is -0.227. The molecular formula is C14H13F2NO. The molecule has 2 aromatic rings. The Hall–Kier alpha value is -1.97. The van der Waals surface area contributed by atoms with Gasteiger partial charge in [0.15, 0.2) is 0 Å². The van der Waals surface area contributed by atoms with Crippen LogP contribution >= 0.6 is 0 Å². The van der Waals surface area contributed by atoms with Gasteiger partial charge in [-0.25, -0.2) is 8.78 Å². The van der Waals surface area contributed by atoms with Crippen LogP contribution in [0.4, 0.5) is 8.78 Å². The van der Waals surface area contributed by atoms with E-state index in [1.807, 2.05) is 6.92 Å². The lowest BCUT2D eigenvalue weighted by Crippen LogP contribution is -1.99. The molecule has 18 heavy (non-hydrogen) atoms. The third kappa shape index (κ3) is 3.03. The lowest BCUT2D eigenvalue weighted by Gasteiger charge is -2.07. The Morgan fingerprint density at radius 3 is 2.61 bits per heavy atom. The molecule has 4 heteroatoms. The van der Waals surface area contributed by atoms with E-state index in [-0.39, 0.29) is 12.4 Å². The zero-order valence-electron chi connectivity index (χ0n) is 9.99. The summed E-state index contributed by atoms with van der Waals surface area (Å²) >= 11 is 0. The van der Waals surface area contributed by atoms with Crippen LogP contribution in [0.25, 0.3) is 0 Å². The van der Waals surface area contributed by atoms with Crippen molar-refractivity contribution in [3.8, 4) is 5.75 Å². The van der Waals surface area contributed by atoms with Crippen LogP contribution in [0, 0.1) is 11.6 Å². The number of ether oxygens (including phenoxy) is 1. The SMILES string of the molecule is CCc1ccc(OCc2ccc(F)cn2)cc1F. The first-order valence-electron chi connectivity index (χ1n) is 5.70. The van der Waals surface area contributed by atoms with Gasteiger partial charge in [-0.1, -0.05) is 13.0 Å². The van der Waals surface area contributed by atoms with Gasteiger partial charge in [-0.2, -0.15) is 0 Å². The van der Waals surface area contributed by atoms with Gasteiger partial charge < -0.3 is 4.74 Å². The van der Waals surface area contributed by atoms with Crippen LogP contribution < -0.4 is 4.74 Å². The standard InChI is InChI=1S/C14H13F2NO/c1-2-10-3-6-13(7-14(10)16)18-9-12-5-4-11(15)8-17-12/h3-8H,2,9H2,1H3. The zero-order chi connectivity index (χ0) is 13.0. The predicted molar refractivity (Wildman–Crippen MR) is 64.3 cm³/mol. The van der Waals surface area contributed by atoms with Crippen LogP contribution in [-0.2, 0) is 13.0 Å². The minimum absolute atomic E-state index is 0.186. The summed E-state index contributed by atoms with van der Waals surface area (Å²) in [6, 6.07) is 7.61. The molecule has 0 aliphatic carbocycles. The molecule has 0 aliphatic heterocycles. The molecule has 0 fully saturated rings. The van der Waals surface area contributed by atoms with Crippen LogP contribution in [0.5, 0.6) is 5.75 Å². The molecule has 94 valence electrons. The van der Waals surface area contributed by atoms with Crippen molar-refractivity contribution in [3.05, 3.63) is 59.4 Å². The van der Waals surface area contributed by atoms with Crippen molar-refractivity contribution in [2.75, 3.05) is 0 Å². The van der Waals surface area contributed by atoms with E-state index in [9.17, 15) is 8.78 Å². The Bertz CT molecular complexity index is 526. The number of hydrogen-bond acceptors (Lipinski definition) is 2. The van der Waals surface area contributed by atoms with Gasteiger partial charge in [0.2, 0.25) is 0 Å². The average molecular weight is 249 g/mol. The Balaban J connectivity index is 2.02. The van der Waals surface area contributed by atoms with E-state index in [1.165, 1.54) is 18.2 Å². The minimum Gasteiger partial charge on any atom is -0.487 e. The molecule has 1 aromatic carbocycles. The number of benzene rings is 1. The number of nitrogens with zero attached hydrogens (tertiary/aromatic N) is 1. The number of aryl methyl sites for hydroxylation is 1. The summed E-state index contributed by atoms with van der Waals surface area (Å²) in [5, 5.41) is 0. The fourth-order valence-corrected chi connectivity index (χ4v) is 1.55. The molecule has 0 spiro atoms. The third-order valence-corrected chi connectivity index (χ3v) is 2.58. The fourth-order valence-electron chi connectivity index (χ4n) is 1.55. The minimum atomic E-state index is -0.392. The van der Waals surface area contributed by atoms with Crippen LogP contribution in [0.2, 0.25) is 0 Å². The van der Waals surface area contributed by atoms with Crippen molar-refractivity contribution in [2.45, 2.75) is 20.0 Å². The molecule has 0 atom stereocenters. The highest BCUT2D eigenvalue weighted by Crippen LogP contribution is 2.18. The largest absolute Gasteiger partial charge is 0.487 e. The molecule has 0 bridgehead atoms. The lowest BCUT2D eigenvalue weighted by atomic mass is 10.1. The lowest BCUT2D eigenvalue weighted by molar-refractivity contribution is 0.299. The molecule has 0 unspecified atom stereocenters. The Labute approximate surface area is 104 Å². The molecule has 0 saturated carbocycles. The van der Waals surface area contributed by atoms with Gasteiger partial charge in [-0.3, -0.25) is 4.98 Å². The third-order valence-electron chi connectivity index (χ3n) is 2.58. The first-order valence-corrected chi connectivity index (χ1v) is 5.70. The van der Waals surface area contributed by atoms with Crippen molar-refractivity contribution in [2.24, 2.45) is 0 Å². The van der Waals surface area contributed by atoms with Gasteiger partial charge in [-0.15, -0.1) is 0 Å². The van der Waals surface area contributed by atoms with E-state index in [0.29, 0.717) is 23.4 Å². The second-order valence-electron chi connectivity index (χ2n) is 3.86. The van der Waals surface area contributed by atoms with Crippen LogP contribution in [0.3, 0.4) is 0 Å².